The van der Waals surface area contributed by atoms with Crippen molar-refractivity contribution in [3.63, 3.8) is 0 Å². The summed E-state index contributed by atoms with van der Waals surface area (Å²) in [6.07, 6.45) is 0. The molecule has 0 aliphatic carbocycles. The first-order chi connectivity index (χ1) is 8.66. The van der Waals surface area contributed by atoms with Crippen molar-refractivity contribution in [2.45, 2.75) is 65.6 Å². The summed E-state index contributed by atoms with van der Waals surface area (Å²) >= 11 is 0. The minimum Gasteiger partial charge on any atom is -0.399 e. The van der Waals surface area contributed by atoms with Gasteiger partial charge >= 0.3 is 7.12 Å². The Morgan fingerprint density at radius 2 is 1.53 bits per heavy atom. The van der Waals surface area contributed by atoms with Gasteiger partial charge in [-0.2, -0.15) is 0 Å². The molecule has 1 aromatic carbocycles. The molecule has 2 nitrogen and oxygen atoms in total. The first kappa shape index (κ1) is 14.6. The molecular formula is C16H25BO2. The molecule has 0 spiro atoms. The molecule has 104 valence electrons. The maximum Gasteiger partial charge on any atom is 0.495 e. The van der Waals surface area contributed by atoms with Gasteiger partial charge in [-0.3, -0.25) is 0 Å². The fraction of sp³-hybridized carbons (Fsp3) is 0.625. The molecule has 1 aromatic rings. The zero-order valence-electron chi connectivity index (χ0n) is 13.2. The molecular weight excluding hydrogens is 235 g/mol. The largest absolute Gasteiger partial charge is 0.495 e. The molecule has 1 fully saturated rings. The second kappa shape index (κ2) is 4.64. The van der Waals surface area contributed by atoms with Crippen LogP contribution in [0.4, 0.5) is 0 Å². The molecule has 0 aromatic heterocycles. The molecule has 0 radical (unpaired) electrons. The van der Waals surface area contributed by atoms with Crippen LogP contribution in [0.15, 0.2) is 18.2 Å². The minimum absolute atomic E-state index is 0.262. The predicted octanol–water partition coefficient (Wildman–Crippen LogP) is 3.42. The molecule has 0 unspecified atom stereocenters. The lowest BCUT2D eigenvalue weighted by Gasteiger charge is -2.32. The van der Waals surface area contributed by atoms with Crippen LogP contribution in [0.2, 0.25) is 0 Å². The Hall–Kier alpha value is -0.795. The molecule has 2 rings (SSSR count). The van der Waals surface area contributed by atoms with Crippen LogP contribution in [-0.4, -0.2) is 18.3 Å². The van der Waals surface area contributed by atoms with Crippen LogP contribution in [0.25, 0.3) is 0 Å². The van der Waals surface area contributed by atoms with Crippen molar-refractivity contribution in [3.8, 4) is 0 Å². The smallest absolute Gasteiger partial charge is 0.399 e. The maximum atomic E-state index is 6.17. The monoisotopic (exact) mass is 260 g/mol. The first-order valence-corrected chi connectivity index (χ1v) is 7.11. The lowest BCUT2D eigenvalue weighted by molar-refractivity contribution is 0.00578. The third-order valence-electron chi connectivity index (χ3n) is 4.44. The highest BCUT2D eigenvalue weighted by Gasteiger charge is 2.52. The van der Waals surface area contributed by atoms with Crippen LogP contribution < -0.4 is 5.46 Å². The van der Waals surface area contributed by atoms with Gasteiger partial charge in [-0.15, -0.1) is 0 Å². The van der Waals surface area contributed by atoms with Gasteiger partial charge in [0.1, 0.15) is 0 Å². The van der Waals surface area contributed by atoms with Gasteiger partial charge in [0.25, 0.3) is 0 Å². The molecule has 3 heteroatoms. The van der Waals surface area contributed by atoms with E-state index in [2.05, 4.69) is 66.7 Å². The van der Waals surface area contributed by atoms with E-state index in [1.165, 1.54) is 16.6 Å². The van der Waals surface area contributed by atoms with Gasteiger partial charge in [-0.05, 0) is 57.1 Å². The second-order valence-electron chi connectivity index (χ2n) is 6.82. The topological polar surface area (TPSA) is 18.5 Å². The Morgan fingerprint density at radius 3 is 2.00 bits per heavy atom. The summed E-state index contributed by atoms with van der Waals surface area (Å²) in [5, 5.41) is 0. The van der Waals surface area contributed by atoms with Gasteiger partial charge in [0.05, 0.1) is 11.2 Å². The summed E-state index contributed by atoms with van der Waals surface area (Å²) in [6.45, 7) is 15.0. The first-order valence-electron chi connectivity index (χ1n) is 7.11. The van der Waals surface area contributed by atoms with Gasteiger partial charge < -0.3 is 9.31 Å². The second-order valence-corrected chi connectivity index (χ2v) is 6.82. The van der Waals surface area contributed by atoms with E-state index >= 15 is 0 Å². The van der Waals surface area contributed by atoms with Crippen LogP contribution in [0, 0.1) is 6.92 Å². The lowest BCUT2D eigenvalue weighted by atomic mass is 9.72. The summed E-state index contributed by atoms with van der Waals surface area (Å²) < 4.78 is 12.3. The fourth-order valence-electron chi connectivity index (χ4n) is 2.67. The normalized spacial score (nSPS) is 21.2. The van der Waals surface area contributed by atoms with Crippen molar-refractivity contribution in [3.05, 3.63) is 29.3 Å². The number of rotatable bonds is 2. The van der Waals surface area contributed by atoms with Gasteiger partial charge in [0.15, 0.2) is 0 Å². The van der Waals surface area contributed by atoms with E-state index in [4.69, 9.17) is 9.31 Å². The molecule has 19 heavy (non-hydrogen) atoms. The van der Waals surface area contributed by atoms with Crippen LogP contribution in [0.3, 0.4) is 0 Å². The van der Waals surface area contributed by atoms with Gasteiger partial charge in [0, 0.05) is 0 Å². The molecule has 1 saturated heterocycles. The summed E-state index contributed by atoms with van der Waals surface area (Å²) in [5.41, 5.74) is 3.27. The number of aryl methyl sites for hydroxylation is 1. The van der Waals surface area contributed by atoms with Crippen LogP contribution in [0.1, 0.15) is 58.6 Å². The van der Waals surface area contributed by atoms with E-state index in [0.717, 1.165) is 0 Å². The van der Waals surface area contributed by atoms with E-state index in [1.54, 1.807) is 0 Å². The van der Waals surface area contributed by atoms with Crippen LogP contribution in [-0.2, 0) is 9.31 Å². The number of hydrogen-bond donors (Lipinski definition) is 0. The highest BCUT2D eigenvalue weighted by atomic mass is 16.7. The highest BCUT2D eigenvalue weighted by molar-refractivity contribution is 6.62. The molecule has 1 aliphatic rings. The fourth-order valence-corrected chi connectivity index (χ4v) is 2.67. The Morgan fingerprint density at radius 1 is 1.00 bits per heavy atom. The third-order valence-corrected chi connectivity index (χ3v) is 4.44. The average molecular weight is 260 g/mol. The Kier molecular flexibility index (Phi) is 3.57. The van der Waals surface area contributed by atoms with Crippen molar-refractivity contribution in [2.75, 3.05) is 0 Å². The molecule has 0 bridgehead atoms. The summed E-state index contributed by atoms with van der Waals surface area (Å²) in [6, 6.07) is 6.37. The SMILES string of the molecule is Cc1cccc(B2OC(C)(C)C(C)(C)O2)c1C(C)C. The van der Waals surface area contributed by atoms with Crippen molar-refractivity contribution in [2.24, 2.45) is 0 Å². The predicted molar refractivity (Wildman–Crippen MR) is 81.0 cm³/mol. The van der Waals surface area contributed by atoms with Crippen molar-refractivity contribution >= 4 is 12.6 Å². The summed E-state index contributed by atoms with van der Waals surface area (Å²) in [4.78, 5) is 0. The van der Waals surface area contributed by atoms with Crippen molar-refractivity contribution < 1.29 is 9.31 Å². The number of hydrogen-bond acceptors (Lipinski definition) is 2. The number of benzene rings is 1. The van der Waals surface area contributed by atoms with Gasteiger partial charge in [0.2, 0.25) is 0 Å². The molecule has 1 aliphatic heterocycles. The van der Waals surface area contributed by atoms with Crippen molar-refractivity contribution in [1.82, 2.24) is 0 Å². The molecule has 0 atom stereocenters. The maximum absolute atomic E-state index is 6.17. The average Bonchev–Trinajstić information content (AvgIpc) is 2.47. The highest BCUT2D eigenvalue weighted by Crippen LogP contribution is 2.37. The zero-order valence-corrected chi connectivity index (χ0v) is 13.2. The lowest BCUT2D eigenvalue weighted by Crippen LogP contribution is -2.41. The van der Waals surface area contributed by atoms with E-state index in [1.807, 2.05) is 0 Å². The molecule has 1 heterocycles. The Bertz CT molecular complexity index is 462. The standard InChI is InChI=1S/C16H25BO2/c1-11(2)14-12(3)9-8-10-13(14)17-18-15(4,5)16(6,7)19-17/h8-11H,1-7H3. The van der Waals surface area contributed by atoms with Crippen LogP contribution in [0.5, 0.6) is 0 Å². The summed E-state index contributed by atoms with van der Waals surface area (Å²) in [5.74, 6) is 0.468. The van der Waals surface area contributed by atoms with E-state index in [-0.39, 0.29) is 18.3 Å². The molecule has 0 saturated carbocycles. The van der Waals surface area contributed by atoms with Gasteiger partial charge in [-0.25, -0.2) is 0 Å². The van der Waals surface area contributed by atoms with Crippen LogP contribution >= 0.6 is 0 Å². The zero-order chi connectivity index (χ0) is 14.4. The minimum atomic E-state index is -0.282. The van der Waals surface area contributed by atoms with E-state index in [0.29, 0.717) is 5.92 Å². The van der Waals surface area contributed by atoms with E-state index in [9.17, 15) is 0 Å². The van der Waals surface area contributed by atoms with Gasteiger partial charge in [-0.1, -0.05) is 32.0 Å². The van der Waals surface area contributed by atoms with E-state index < -0.39 is 0 Å². The Labute approximate surface area is 117 Å². The molecule has 0 amide bonds. The van der Waals surface area contributed by atoms with Crippen molar-refractivity contribution in [1.29, 1.82) is 0 Å². The molecule has 0 N–H and O–H groups in total. The quantitative estimate of drug-likeness (QED) is 0.758. The third kappa shape index (κ3) is 2.46. The summed E-state index contributed by atoms with van der Waals surface area (Å²) in [7, 11) is -0.262. The Balaban J connectivity index is 2.43.